The van der Waals surface area contributed by atoms with E-state index in [1.165, 1.54) is 0 Å². The molecule has 8 nitrogen and oxygen atoms in total. The molecule has 0 saturated carbocycles. The zero-order valence-corrected chi connectivity index (χ0v) is 19.5. The summed E-state index contributed by atoms with van der Waals surface area (Å²) in [5.41, 5.74) is 7.80. The van der Waals surface area contributed by atoms with Crippen LogP contribution in [0.2, 0.25) is 5.02 Å². The number of amides is 1. The van der Waals surface area contributed by atoms with Gasteiger partial charge < -0.3 is 24.8 Å². The predicted molar refractivity (Wildman–Crippen MR) is 131 cm³/mol. The molecule has 4 rings (SSSR count). The number of ether oxygens (including phenoxy) is 3. The second kappa shape index (κ2) is 10.3. The zero-order chi connectivity index (χ0) is 24.1. The number of hydrogen-bond donors (Lipinski definition) is 1. The molecule has 0 saturated heterocycles. The maximum atomic E-state index is 11.7. The van der Waals surface area contributed by atoms with Gasteiger partial charge in [0, 0.05) is 24.2 Å². The number of benzene rings is 2. The van der Waals surface area contributed by atoms with E-state index in [4.69, 9.17) is 31.5 Å². The first-order valence-corrected chi connectivity index (χ1v) is 10.8. The van der Waals surface area contributed by atoms with Crippen LogP contribution in [0.3, 0.4) is 0 Å². The second-order valence-electron chi connectivity index (χ2n) is 7.42. The van der Waals surface area contributed by atoms with Gasteiger partial charge in [-0.1, -0.05) is 41.9 Å². The van der Waals surface area contributed by atoms with Gasteiger partial charge in [-0.3, -0.25) is 9.78 Å². The summed E-state index contributed by atoms with van der Waals surface area (Å²) in [4.78, 5) is 22.2. The first kappa shape index (κ1) is 23.1. The van der Waals surface area contributed by atoms with Gasteiger partial charge in [-0.05, 0) is 23.8 Å². The van der Waals surface area contributed by atoms with E-state index in [0.717, 1.165) is 5.56 Å². The summed E-state index contributed by atoms with van der Waals surface area (Å²) in [6.45, 7) is 0.488. The summed E-state index contributed by atoms with van der Waals surface area (Å²) in [5.74, 6) is 1.37. The van der Waals surface area contributed by atoms with Gasteiger partial charge in [-0.25, -0.2) is 4.98 Å². The van der Waals surface area contributed by atoms with Crippen molar-refractivity contribution in [2.45, 2.75) is 6.54 Å². The third-order valence-electron chi connectivity index (χ3n) is 5.13. The highest BCUT2D eigenvalue weighted by atomic mass is 35.5. The molecular formula is C25H23ClN4O4. The Kier molecular flexibility index (Phi) is 6.98. The molecule has 0 radical (unpaired) electrons. The van der Waals surface area contributed by atoms with Crippen molar-refractivity contribution in [1.82, 2.24) is 9.97 Å². The number of methoxy groups -OCH3 is 2. The summed E-state index contributed by atoms with van der Waals surface area (Å²) < 4.78 is 16.8. The summed E-state index contributed by atoms with van der Waals surface area (Å²) in [6, 6.07) is 16.7. The number of carbonyl (C=O) groups is 1. The van der Waals surface area contributed by atoms with Gasteiger partial charge in [0.25, 0.3) is 0 Å². The molecule has 0 aliphatic heterocycles. The largest absolute Gasteiger partial charge is 0.493 e. The number of hydrogen-bond acceptors (Lipinski definition) is 7. The fourth-order valence-corrected chi connectivity index (χ4v) is 3.73. The van der Waals surface area contributed by atoms with Crippen LogP contribution in [0.25, 0.3) is 10.9 Å². The first-order chi connectivity index (χ1) is 16.5. The van der Waals surface area contributed by atoms with Gasteiger partial charge >= 0.3 is 0 Å². The molecule has 0 aliphatic carbocycles. The third kappa shape index (κ3) is 5.13. The van der Waals surface area contributed by atoms with Crippen LogP contribution in [0, 0.1) is 0 Å². The van der Waals surface area contributed by atoms with Crippen LogP contribution in [0.5, 0.6) is 23.1 Å². The number of primary amides is 1. The Morgan fingerprint density at radius 3 is 2.41 bits per heavy atom. The van der Waals surface area contributed by atoms with E-state index in [0.29, 0.717) is 40.4 Å². The van der Waals surface area contributed by atoms with Crippen LogP contribution in [-0.2, 0) is 11.3 Å². The SMILES string of the molecule is COc1cc2nccc(Oc3ncc(N(CC(N)=O)Cc4ccccc4)cc3Cl)c2cc1OC. The predicted octanol–water partition coefficient (Wildman–Crippen LogP) is 4.58. The van der Waals surface area contributed by atoms with Crippen molar-refractivity contribution in [3.63, 3.8) is 0 Å². The van der Waals surface area contributed by atoms with Gasteiger partial charge in [0.05, 0.1) is 38.2 Å². The van der Waals surface area contributed by atoms with E-state index in [9.17, 15) is 4.79 Å². The van der Waals surface area contributed by atoms with Gasteiger partial charge in [-0.2, -0.15) is 0 Å². The molecule has 0 aliphatic rings. The molecule has 2 aromatic heterocycles. The molecule has 0 unspecified atom stereocenters. The second-order valence-corrected chi connectivity index (χ2v) is 7.83. The van der Waals surface area contributed by atoms with Crippen LogP contribution >= 0.6 is 11.6 Å². The Balaban J connectivity index is 1.64. The Labute approximate surface area is 201 Å². The number of pyridine rings is 2. The number of fused-ring (bicyclic) bond motifs is 1. The molecule has 0 fully saturated rings. The van der Waals surface area contributed by atoms with E-state index < -0.39 is 5.91 Å². The van der Waals surface area contributed by atoms with Crippen molar-refractivity contribution in [3.8, 4) is 23.1 Å². The number of nitrogens with two attached hydrogens (primary N) is 1. The van der Waals surface area contributed by atoms with Crippen molar-refractivity contribution in [1.29, 1.82) is 0 Å². The van der Waals surface area contributed by atoms with Gasteiger partial charge in [0.15, 0.2) is 11.5 Å². The van der Waals surface area contributed by atoms with Crippen LogP contribution in [0.4, 0.5) is 5.69 Å². The molecule has 4 aromatic rings. The maximum Gasteiger partial charge on any atom is 0.238 e. The van der Waals surface area contributed by atoms with Gasteiger partial charge in [0.1, 0.15) is 10.8 Å². The number of carbonyl (C=O) groups excluding carboxylic acids is 1. The van der Waals surface area contributed by atoms with Crippen LogP contribution in [0.1, 0.15) is 5.56 Å². The number of halogens is 1. The van der Waals surface area contributed by atoms with Crippen molar-refractivity contribution in [2.75, 3.05) is 25.7 Å². The monoisotopic (exact) mass is 478 g/mol. The molecule has 2 N–H and O–H groups in total. The molecule has 34 heavy (non-hydrogen) atoms. The van der Waals surface area contributed by atoms with Crippen molar-refractivity contribution in [2.24, 2.45) is 5.73 Å². The Bertz CT molecular complexity index is 1320. The summed E-state index contributed by atoms with van der Waals surface area (Å²) in [7, 11) is 3.12. The molecular weight excluding hydrogens is 456 g/mol. The van der Waals surface area contributed by atoms with Crippen molar-refractivity contribution in [3.05, 3.63) is 77.6 Å². The minimum Gasteiger partial charge on any atom is -0.493 e. The minimum atomic E-state index is -0.458. The number of aromatic nitrogens is 2. The first-order valence-electron chi connectivity index (χ1n) is 10.4. The zero-order valence-electron chi connectivity index (χ0n) is 18.7. The van der Waals surface area contributed by atoms with E-state index in [1.807, 2.05) is 30.3 Å². The molecule has 0 bridgehead atoms. The van der Waals surface area contributed by atoms with E-state index in [1.54, 1.807) is 55.8 Å². The fraction of sp³-hybridized carbons (Fsp3) is 0.160. The lowest BCUT2D eigenvalue weighted by Gasteiger charge is -2.23. The smallest absolute Gasteiger partial charge is 0.238 e. The Morgan fingerprint density at radius 2 is 1.74 bits per heavy atom. The van der Waals surface area contributed by atoms with Gasteiger partial charge in [-0.15, -0.1) is 0 Å². The number of rotatable bonds is 9. The average Bonchev–Trinajstić information content (AvgIpc) is 2.84. The van der Waals surface area contributed by atoms with Gasteiger partial charge in [0.2, 0.25) is 11.8 Å². The summed E-state index contributed by atoms with van der Waals surface area (Å²) in [5, 5.41) is 0.993. The number of anilines is 1. The minimum absolute atomic E-state index is 0.0176. The topological polar surface area (TPSA) is 99.8 Å². The highest BCUT2D eigenvalue weighted by Gasteiger charge is 2.16. The summed E-state index contributed by atoms with van der Waals surface area (Å²) in [6.07, 6.45) is 3.22. The molecule has 1 amide bonds. The van der Waals surface area contributed by atoms with E-state index >= 15 is 0 Å². The van der Waals surface area contributed by atoms with E-state index in [2.05, 4.69) is 9.97 Å². The lowest BCUT2D eigenvalue weighted by atomic mass is 10.2. The van der Waals surface area contributed by atoms with Crippen LogP contribution in [0.15, 0.2) is 67.0 Å². The molecule has 0 spiro atoms. The fourth-order valence-electron chi connectivity index (χ4n) is 3.53. The normalized spacial score (nSPS) is 10.7. The quantitative estimate of drug-likeness (QED) is 0.375. The number of nitrogens with zero attached hydrogens (tertiary/aromatic N) is 3. The maximum absolute atomic E-state index is 11.7. The highest BCUT2D eigenvalue weighted by molar-refractivity contribution is 6.32. The van der Waals surface area contributed by atoms with Crippen molar-refractivity contribution >= 4 is 34.1 Å². The Hall–Kier alpha value is -4.04. The third-order valence-corrected chi connectivity index (χ3v) is 5.41. The molecule has 174 valence electrons. The average molecular weight is 479 g/mol. The standard InChI is InChI=1S/C25H23ClN4O4/c1-32-22-11-18-20(12-23(22)33-2)28-9-8-21(18)34-25-19(26)10-17(13-29-25)30(15-24(27)31)14-16-6-4-3-5-7-16/h3-13H,14-15H2,1-2H3,(H2,27,31). The van der Waals surface area contributed by atoms with Crippen molar-refractivity contribution < 1.29 is 19.0 Å². The van der Waals surface area contributed by atoms with Crippen LogP contribution in [-0.4, -0.2) is 36.6 Å². The molecule has 9 heteroatoms. The lowest BCUT2D eigenvalue weighted by Crippen LogP contribution is -2.33. The highest BCUT2D eigenvalue weighted by Crippen LogP contribution is 2.38. The van der Waals surface area contributed by atoms with E-state index in [-0.39, 0.29) is 17.4 Å². The summed E-state index contributed by atoms with van der Waals surface area (Å²) >= 11 is 6.53. The lowest BCUT2D eigenvalue weighted by molar-refractivity contribution is -0.116. The Morgan fingerprint density at radius 1 is 1.00 bits per heavy atom. The van der Waals surface area contributed by atoms with Crippen LogP contribution < -0.4 is 24.8 Å². The molecule has 2 heterocycles. The molecule has 0 atom stereocenters. The molecule has 2 aromatic carbocycles.